The molecule has 2 heterocycles. The SMILES string of the molecule is CCS(=O)(=O)c1ccc(OC)c(-c2ccc(CC3=CCCCN3)[nH]2)c1. The van der Waals surface area contributed by atoms with Crippen LogP contribution in [0.15, 0.2) is 47.0 Å². The Morgan fingerprint density at radius 3 is 2.72 bits per heavy atom. The number of rotatable bonds is 6. The number of H-pyrrole nitrogens is 1. The summed E-state index contributed by atoms with van der Waals surface area (Å²) >= 11 is 0. The van der Waals surface area contributed by atoms with Gasteiger partial charge in [-0.1, -0.05) is 13.0 Å². The van der Waals surface area contributed by atoms with Crippen LogP contribution in [0.25, 0.3) is 11.3 Å². The molecule has 3 rings (SSSR count). The second-order valence-electron chi connectivity index (χ2n) is 6.14. The molecular formula is C19H24N2O3S. The summed E-state index contributed by atoms with van der Waals surface area (Å²) in [7, 11) is -1.67. The predicted molar refractivity (Wildman–Crippen MR) is 99.5 cm³/mol. The second-order valence-corrected chi connectivity index (χ2v) is 8.42. The van der Waals surface area contributed by atoms with Gasteiger partial charge in [0.15, 0.2) is 9.84 Å². The molecule has 0 saturated carbocycles. The van der Waals surface area contributed by atoms with Crippen LogP contribution >= 0.6 is 0 Å². The number of ether oxygens (including phenoxy) is 1. The van der Waals surface area contributed by atoms with Gasteiger partial charge in [0.2, 0.25) is 0 Å². The lowest BCUT2D eigenvalue weighted by atomic mass is 10.1. The van der Waals surface area contributed by atoms with E-state index in [4.69, 9.17) is 4.74 Å². The standard InChI is InChI=1S/C19H24N2O3S/c1-3-25(22,23)16-8-10-19(24-2)17(13-16)18-9-7-15(21-18)12-14-6-4-5-11-20-14/h6-10,13,20-21H,3-5,11-12H2,1-2H3. The summed E-state index contributed by atoms with van der Waals surface area (Å²) in [6.45, 7) is 2.67. The number of aromatic nitrogens is 1. The van der Waals surface area contributed by atoms with Gasteiger partial charge in [0, 0.05) is 35.6 Å². The van der Waals surface area contributed by atoms with Crippen molar-refractivity contribution in [1.82, 2.24) is 10.3 Å². The maximum Gasteiger partial charge on any atom is 0.178 e. The highest BCUT2D eigenvalue weighted by Gasteiger charge is 2.16. The van der Waals surface area contributed by atoms with E-state index >= 15 is 0 Å². The molecule has 2 N–H and O–H groups in total. The van der Waals surface area contributed by atoms with Crippen molar-refractivity contribution < 1.29 is 13.2 Å². The van der Waals surface area contributed by atoms with Gasteiger partial charge in [-0.2, -0.15) is 0 Å². The normalized spacial score (nSPS) is 14.7. The van der Waals surface area contributed by atoms with E-state index in [0.717, 1.165) is 36.3 Å². The van der Waals surface area contributed by atoms with Crippen LogP contribution in [-0.2, 0) is 16.3 Å². The van der Waals surface area contributed by atoms with Gasteiger partial charge in [0.1, 0.15) is 5.75 Å². The number of sulfone groups is 1. The highest BCUT2D eigenvalue weighted by molar-refractivity contribution is 7.91. The third kappa shape index (κ3) is 3.90. The highest BCUT2D eigenvalue weighted by atomic mass is 32.2. The molecule has 0 spiro atoms. The van der Waals surface area contributed by atoms with Crippen molar-refractivity contribution in [3.8, 4) is 17.0 Å². The summed E-state index contributed by atoms with van der Waals surface area (Å²) in [6, 6.07) is 9.00. The van der Waals surface area contributed by atoms with E-state index in [1.807, 2.05) is 12.1 Å². The molecule has 1 aliphatic heterocycles. The lowest BCUT2D eigenvalue weighted by Crippen LogP contribution is -2.20. The van der Waals surface area contributed by atoms with Crippen LogP contribution < -0.4 is 10.1 Å². The van der Waals surface area contributed by atoms with Gasteiger partial charge in [-0.15, -0.1) is 0 Å². The lowest BCUT2D eigenvalue weighted by molar-refractivity contribution is 0.416. The molecule has 6 heteroatoms. The van der Waals surface area contributed by atoms with Gasteiger partial charge in [-0.3, -0.25) is 0 Å². The Hall–Kier alpha value is -2.21. The zero-order valence-electron chi connectivity index (χ0n) is 14.6. The fraction of sp³-hybridized carbons (Fsp3) is 0.368. The predicted octanol–water partition coefficient (Wildman–Crippen LogP) is 3.29. The third-order valence-electron chi connectivity index (χ3n) is 4.45. The Labute approximate surface area is 149 Å². The van der Waals surface area contributed by atoms with Gasteiger partial charge in [-0.05, 0) is 43.2 Å². The number of nitrogens with one attached hydrogen (secondary N) is 2. The maximum absolute atomic E-state index is 12.2. The molecule has 1 aromatic heterocycles. The van der Waals surface area contributed by atoms with E-state index in [1.54, 1.807) is 32.2 Å². The average molecular weight is 360 g/mol. The highest BCUT2D eigenvalue weighted by Crippen LogP contribution is 2.32. The minimum Gasteiger partial charge on any atom is -0.496 e. The molecule has 25 heavy (non-hydrogen) atoms. The quantitative estimate of drug-likeness (QED) is 0.829. The Kier molecular flexibility index (Phi) is 5.18. The molecule has 0 atom stereocenters. The average Bonchev–Trinajstić information content (AvgIpc) is 3.10. The Morgan fingerprint density at radius 2 is 2.04 bits per heavy atom. The van der Waals surface area contributed by atoms with E-state index in [9.17, 15) is 8.42 Å². The molecular weight excluding hydrogens is 336 g/mol. The molecule has 0 saturated heterocycles. The van der Waals surface area contributed by atoms with E-state index in [-0.39, 0.29) is 5.75 Å². The van der Waals surface area contributed by atoms with E-state index < -0.39 is 9.84 Å². The molecule has 2 aromatic rings. The van der Waals surface area contributed by atoms with Crippen LogP contribution in [-0.4, -0.2) is 32.8 Å². The number of aromatic amines is 1. The van der Waals surface area contributed by atoms with Gasteiger partial charge >= 0.3 is 0 Å². The first-order valence-corrected chi connectivity index (χ1v) is 10.2. The minimum absolute atomic E-state index is 0.0779. The first kappa shape index (κ1) is 17.6. The van der Waals surface area contributed by atoms with Gasteiger partial charge in [-0.25, -0.2) is 8.42 Å². The fourth-order valence-corrected chi connectivity index (χ4v) is 3.90. The lowest BCUT2D eigenvalue weighted by Gasteiger charge is -2.15. The molecule has 0 bridgehead atoms. The van der Waals surface area contributed by atoms with Crippen molar-refractivity contribution in [2.45, 2.75) is 31.1 Å². The third-order valence-corrected chi connectivity index (χ3v) is 6.18. The fourth-order valence-electron chi connectivity index (χ4n) is 3.00. The zero-order valence-corrected chi connectivity index (χ0v) is 15.4. The molecule has 1 aromatic carbocycles. The molecule has 5 nitrogen and oxygen atoms in total. The number of methoxy groups -OCH3 is 1. The first-order valence-electron chi connectivity index (χ1n) is 8.55. The number of benzene rings is 1. The van der Waals surface area contributed by atoms with E-state index in [0.29, 0.717) is 10.6 Å². The largest absolute Gasteiger partial charge is 0.496 e. The number of hydrogen-bond acceptors (Lipinski definition) is 4. The summed E-state index contributed by atoms with van der Waals surface area (Å²) in [5.41, 5.74) is 3.93. The Balaban J connectivity index is 1.93. The summed E-state index contributed by atoms with van der Waals surface area (Å²) < 4.78 is 29.8. The summed E-state index contributed by atoms with van der Waals surface area (Å²) in [5, 5.41) is 3.41. The van der Waals surface area contributed by atoms with Crippen LogP contribution in [0.4, 0.5) is 0 Å². The van der Waals surface area contributed by atoms with Gasteiger partial charge in [0.05, 0.1) is 17.8 Å². The summed E-state index contributed by atoms with van der Waals surface area (Å²) in [4.78, 5) is 3.71. The Morgan fingerprint density at radius 1 is 1.20 bits per heavy atom. The van der Waals surface area contributed by atoms with Crippen LogP contribution in [0.5, 0.6) is 5.75 Å². The summed E-state index contributed by atoms with van der Waals surface area (Å²) in [6.07, 6.45) is 5.34. The topological polar surface area (TPSA) is 71.2 Å². The molecule has 134 valence electrons. The molecule has 0 aliphatic carbocycles. The van der Waals surface area contributed by atoms with Crippen molar-refractivity contribution in [3.05, 3.63) is 47.8 Å². The van der Waals surface area contributed by atoms with Crippen LogP contribution in [0.1, 0.15) is 25.5 Å². The van der Waals surface area contributed by atoms with Gasteiger partial charge < -0.3 is 15.0 Å². The first-order chi connectivity index (χ1) is 12.0. The molecule has 0 radical (unpaired) electrons. The number of hydrogen-bond donors (Lipinski definition) is 2. The monoisotopic (exact) mass is 360 g/mol. The zero-order chi connectivity index (χ0) is 17.9. The molecule has 1 aliphatic rings. The van der Waals surface area contributed by atoms with Crippen LogP contribution in [0.2, 0.25) is 0 Å². The van der Waals surface area contributed by atoms with E-state index in [1.165, 1.54) is 12.1 Å². The Bertz CT molecular complexity index is 882. The van der Waals surface area contributed by atoms with Gasteiger partial charge in [0.25, 0.3) is 0 Å². The molecule has 0 amide bonds. The molecule has 0 unspecified atom stereocenters. The smallest absolute Gasteiger partial charge is 0.178 e. The van der Waals surface area contributed by atoms with Crippen molar-refractivity contribution in [3.63, 3.8) is 0 Å². The number of allylic oxidation sites excluding steroid dienone is 2. The second kappa shape index (κ2) is 7.35. The van der Waals surface area contributed by atoms with Crippen molar-refractivity contribution >= 4 is 9.84 Å². The van der Waals surface area contributed by atoms with E-state index in [2.05, 4.69) is 16.4 Å². The van der Waals surface area contributed by atoms with Crippen molar-refractivity contribution in [1.29, 1.82) is 0 Å². The maximum atomic E-state index is 12.2. The van der Waals surface area contributed by atoms with Crippen molar-refractivity contribution in [2.24, 2.45) is 0 Å². The minimum atomic E-state index is -3.26. The summed E-state index contributed by atoms with van der Waals surface area (Å²) in [5.74, 6) is 0.729. The van der Waals surface area contributed by atoms with Crippen LogP contribution in [0, 0.1) is 0 Å². The van der Waals surface area contributed by atoms with Crippen molar-refractivity contribution in [2.75, 3.05) is 19.4 Å². The van der Waals surface area contributed by atoms with Crippen LogP contribution in [0.3, 0.4) is 0 Å². The molecule has 0 fully saturated rings.